The number of hydrogen-bond donors (Lipinski definition) is 1. The summed E-state index contributed by atoms with van der Waals surface area (Å²) in [6.45, 7) is 3.23. The van der Waals surface area contributed by atoms with Crippen molar-refractivity contribution in [1.82, 2.24) is 9.97 Å². The Kier molecular flexibility index (Phi) is 4.68. The zero-order chi connectivity index (χ0) is 17.1. The third-order valence-electron chi connectivity index (χ3n) is 5.16. The van der Waals surface area contributed by atoms with Gasteiger partial charge in [-0.1, -0.05) is 25.0 Å². The van der Waals surface area contributed by atoms with Crippen molar-refractivity contribution in [2.24, 2.45) is 0 Å². The van der Waals surface area contributed by atoms with E-state index < -0.39 is 0 Å². The maximum absolute atomic E-state index is 14.0. The number of piperazine rings is 1. The molecule has 2 aromatic rings. The molecule has 2 aliphatic rings. The Hall–Kier alpha value is -2.37. The van der Waals surface area contributed by atoms with Crippen LogP contribution in [0.1, 0.15) is 25.7 Å². The van der Waals surface area contributed by atoms with E-state index in [4.69, 9.17) is 0 Å². The first kappa shape index (κ1) is 16.1. The third-order valence-corrected chi connectivity index (χ3v) is 5.16. The number of benzene rings is 1. The summed E-state index contributed by atoms with van der Waals surface area (Å²) in [7, 11) is 0. The minimum absolute atomic E-state index is 0.152. The zero-order valence-corrected chi connectivity index (χ0v) is 14.4. The van der Waals surface area contributed by atoms with Crippen LogP contribution in [0.15, 0.2) is 36.7 Å². The Morgan fingerprint density at radius 2 is 1.68 bits per heavy atom. The Morgan fingerprint density at radius 1 is 0.960 bits per heavy atom. The van der Waals surface area contributed by atoms with E-state index in [1.54, 1.807) is 12.4 Å². The molecule has 4 rings (SSSR count). The van der Waals surface area contributed by atoms with Gasteiger partial charge in [0.05, 0.1) is 5.69 Å². The van der Waals surface area contributed by atoms with Crippen LogP contribution in [0, 0.1) is 5.82 Å². The summed E-state index contributed by atoms with van der Waals surface area (Å²) in [5, 5.41) is 3.52. The summed E-state index contributed by atoms with van der Waals surface area (Å²) in [6.07, 6.45) is 6.68. The lowest BCUT2D eigenvalue weighted by atomic mass is 10.2. The Morgan fingerprint density at radius 3 is 2.44 bits per heavy atom. The van der Waals surface area contributed by atoms with E-state index in [2.05, 4.69) is 25.1 Å². The second-order valence-corrected chi connectivity index (χ2v) is 6.81. The van der Waals surface area contributed by atoms with Gasteiger partial charge in [0.1, 0.15) is 23.8 Å². The van der Waals surface area contributed by atoms with Gasteiger partial charge in [0.25, 0.3) is 0 Å². The highest BCUT2D eigenvalue weighted by molar-refractivity contribution is 5.52. The van der Waals surface area contributed by atoms with Crippen molar-refractivity contribution in [3.05, 3.63) is 42.5 Å². The fourth-order valence-electron chi connectivity index (χ4n) is 3.76. The Balaban J connectivity index is 1.39. The van der Waals surface area contributed by atoms with Crippen LogP contribution >= 0.6 is 0 Å². The summed E-state index contributed by atoms with van der Waals surface area (Å²) >= 11 is 0. The normalized spacial score (nSPS) is 18.6. The summed E-state index contributed by atoms with van der Waals surface area (Å²) in [4.78, 5) is 13.1. The fraction of sp³-hybridized carbons (Fsp3) is 0.474. The van der Waals surface area contributed by atoms with Crippen LogP contribution in [0.4, 0.5) is 21.7 Å². The van der Waals surface area contributed by atoms with Crippen molar-refractivity contribution in [2.45, 2.75) is 31.7 Å². The van der Waals surface area contributed by atoms with Crippen LogP contribution in [0.25, 0.3) is 0 Å². The molecule has 1 aromatic carbocycles. The molecule has 1 aliphatic heterocycles. The minimum Gasteiger partial charge on any atom is -0.367 e. The van der Waals surface area contributed by atoms with Gasteiger partial charge in [-0.25, -0.2) is 14.4 Å². The second-order valence-electron chi connectivity index (χ2n) is 6.81. The zero-order valence-electron chi connectivity index (χ0n) is 14.4. The molecular formula is C19H24FN5. The first-order chi connectivity index (χ1) is 12.3. The molecule has 6 heteroatoms. The lowest BCUT2D eigenvalue weighted by Gasteiger charge is -2.36. The number of hydrogen-bond acceptors (Lipinski definition) is 5. The predicted octanol–water partition coefficient (Wildman–Crippen LogP) is 3.30. The first-order valence-electron chi connectivity index (χ1n) is 9.12. The summed E-state index contributed by atoms with van der Waals surface area (Å²) in [6, 6.07) is 9.56. The molecule has 2 heterocycles. The molecule has 5 nitrogen and oxygen atoms in total. The van der Waals surface area contributed by atoms with Crippen LogP contribution in [0.2, 0.25) is 0 Å². The first-order valence-corrected chi connectivity index (χ1v) is 9.12. The van der Waals surface area contributed by atoms with E-state index in [1.165, 1.54) is 31.7 Å². The van der Waals surface area contributed by atoms with Crippen LogP contribution < -0.4 is 15.1 Å². The molecule has 0 bridgehead atoms. The van der Waals surface area contributed by atoms with E-state index in [-0.39, 0.29) is 5.82 Å². The van der Waals surface area contributed by atoms with Crippen molar-refractivity contribution in [2.75, 3.05) is 41.3 Å². The molecule has 1 saturated carbocycles. The van der Waals surface area contributed by atoms with Gasteiger partial charge in [-0.2, -0.15) is 0 Å². The van der Waals surface area contributed by atoms with Gasteiger partial charge in [-0.05, 0) is 25.0 Å². The number of nitrogens with zero attached hydrogens (tertiary/aromatic N) is 4. The topological polar surface area (TPSA) is 44.3 Å². The number of rotatable bonds is 4. The SMILES string of the molecule is Fc1ccccc1N1CCN(c2cc(NC3CCCC3)ncn2)CC1. The smallest absolute Gasteiger partial charge is 0.146 e. The van der Waals surface area contributed by atoms with Crippen molar-refractivity contribution >= 4 is 17.3 Å². The lowest BCUT2D eigenvalue weighted by molar-refractivity contribution is 0.596. The molecule has 0 radical (unpaired) electrons. The second kappa shape index (κ2) is 7.25. The number of halogens is 1. The summed E-state index contributed by atoms with van der Waals surface area (Å²) in [5.74, 6) is 1.71. The summed E-state index contributed by atoms with van der Waals surface area (Å²) < 4.78 is 14.0. The average molecular weight is 341 g/mol. The Bertz CT molecular complexity index is 708. The highest BCUT2D eigenvalue weighted by Gasteiger charge is 2.21. The molecule has 132 valence electrons. The van der Waals surface area contributed by atoms with Crippen LogP contribution in [0.3, 0.4) is 0 Å². The number of anilines is 3. The van der Waals surface area contributed by atoms with Crippen molar-refractivity contribution in [3.63, 3.8) is 0 Å². The van der Waals surface area contributed by atoms with Crippen molar-refractivity contribution in [3.8, 4) is 0 Å². The highest BCUT2D eigenvalue weighted by Crippen LogP contribution is 2.24. The molecule has 1 aromatic heterocycles. The predicted molar refractivity (Wildman–Crippen MR) is 98.7 cm³/mol. The largest absolute Gasteiger partial charge is 0.367 e. The number of para-hydroxylation sites is 1. The maximum atomic E-state index is 14.0. The molecule has 0 spiro atoms. The highest BCUT2D eigenvalue weighted by atomic mass is 19.1. The fourth-order valence-corrected chi connectivity index (χ4v) is 3.76. The summed E-state index contributed by atoms with van der Waals surface area (Å²) in [5.41, 5.74) is 0.688. The molecule has 0 amide bonds. The van der Waals surface area contributed by atoms with Gasteiger partial charge in [-0.15, -0.1) is 0 Å². The minimum atomic E-state index is -0.152. The molecule has 1 N–H and O–H groups in total. The van der Waals surface area contributed by atoms with Crippen molar-refractivity contribution in [1.29, 1.82) is 0 Å². The van der Waals surface area contributed by atoms with Crippen LogP contribution in [-0.4, -0.2) is 42.2 Å². The van der Waals surface area contributed by atoms with E-state index in [0.29, 0.717) is 11.7 Å². The van der Waals surface area contributed by atoms with Gasteiger partial charge >= 0.3 is 0 Å². The van der Waals surface area contributed by atoms with Gasteiger partial charge in [0.2, 0.25) is 0 Å². The number of aromatic nitrogens is 2. The Labute approximate surface area is 147 Å². The number of nitrogens with one attached hydrogen (secondary N) is 1. The molecule has 1 aliphatic carbocycles. The van der Waals surface area contributed by atoms with E-state index in [9.17, 15) is 4.39 Å². The van der Waals surface area contributed by atoms with Gasteiger partial charge in [0, 0.05) is 38.3 Å². The molecule has 1 saturated heterocycles. The van der Waals surface area contributed by atoms with E-state index >= 15 is 0 Å². The van der Waals surface area contributed by atoms with E-state index in [1.807, 2.05) is 18.2 Å². The van der Waals surface area contributed by atoms with Crippen molar-refractivity contribution < 1.29 is 4.39 Å². The average Bonchev–Trinajstić information content (AvgIpc) is 3.16. The van der Waals surface area contributed by atoms with Gasteiger partial charge < -0.3 is 15.1 Å². The lowest BCUT2D eigenvalue weighted by Crippen LogP contribution is -2.47. The third kappa shape index (κ3) is 3.67. The standard InChI is InChI=1S/C19H24FN5/c20-16-7-3-4-8-17(16)24-9-11-25(12-10-24)19-13-18(21-14-22-19)23-15-5-1-2-6-15/h3-4,7-8,13-15H,1-2,5-6,9-12H2,(H,21,22,23). The van der Waals surface area contributed by atoms with E-state index in [0.717, 1.165) is 37.8 Å². The molecule has 0 unspecified atom stereocenters. The molecular weight excluding hydrogens is 317 g/mol. The molecule has 0 atom stereocenters. The molecule has 2 fully saturated rings. The monoisotopic (exact) mass is 341 g/mol. The van der Waals surface area contributed by atoms with Gasteiger partial charge in [-0.3, -0.25) is 0 Å². The molecule has 25 heavy (non-hydrogen) atoms. The van der Waals surface area contributed by atoms with Crippen LogP contribution in [-0.2, 0) is 0 Å². The quantitative estimate of drug-likeness (QED) is 0.924. The maximum Gasteiger partial charge on any atom is 0.146 e. The van der Waals surface area contributed by atoms with Crippen LogP contribution in [0.5, 0.6) is 0 Å². The van der Waals surface area contributed by atoms with Gasteiger partial charge in [0.15, 0.2) is 0 Å².